The minimum atomic E-state index is -0.126. The Bertz CT molecular complexity index is 218. The van der Waals surface area contributed by atoms with Crippen LogP contribution in [0.25, 0.3) is 0 Å². The molecule has 0 amide bonds. The van der Waals surface area contributed by atoms with Gasteiger partial charge in [-0.15, -0.1) is 0 Å². The molecule has 0 unspecified atom stereocenters. The fourth-order valence-electron chi connectivity index (χ4n) is 1.11. The molecule has 0 saturated carbocycles. The van der Waals surface area contributed by atoms with Crippen LogP contribution in [0, 0.1) is 0 Å². The first-order valence-corrected chi connectivity index (χ1v) is 5.09. The van der Waals surface area contributed by atoms with Gasteiger partial charge in [0.15, 0.2) is 6.54 Å². The summed E-state index contributed by atoms with van der Waals surface area (Å²) in [7, 11) is 0. The van der Waals surface area contributed by atoms with Crippen LogP contribution < -0.4 is 24.0 Å². The Labute approximate surface area is 99.9 Å². The van der Waals surface area contributed by atoms with Gasteiger partial charge in [-0.25, -0.2) is 9.37 Å². The van der Waals surface area contributed by atoms with Gasteiger partial charge in [0, 0.05) is 6.92 Å². The topological polar surface area (TPSA) is 29.3 Å². The standard InChI is InChI=1S/C8H14NO2S.HI/c1-3-11-8(10)6-9-4-5-12-7(9)2;/h3-6H2,1-2H3;1H/q+1;/p-1. The second-order valence-electron chi connectivity index (χ2n) is 2.59. The van der Waals surface area contributed by atoms with Crippen molar-refractivity contribution in [3.05, 3.63) is 0 Å². The molecule has 3 nitrogen and oxygen atoms in total. The van der Waals surface area contributed by atoms with E-state index in [1.807, 2.05) is 13.8 Å². The van der Waals surface area contributed by atoms with Crippen molar-refractivity contribution in [2.24, 2.45) is 0 Å². The number of esters is 1. The van der Waals surface area contributed by atoms with E-state index in [2.05, 4.69) is 4.58 Å². The highest BCUT2D eigenvalue weighted by Gasteiger charge is 2.21. The molecule has 1 rings (SSSR count). The largest absolute Gasteiger partial charge is 1.00 e. The maximum Gasteiger partial charge on any atom is 0.372 e. The lowest BCUT2D eigenvalue weighted by molar-refractivity contribution is -0.508. The predicted octanol–water partition coefficient (Wildman–Crippen LogP) is -2.27. The fourth-order valence-corrected chi connectivity index (χ4v) is 2.05. The lowest BCUT2D eigenvalue weighted by Crippen LogP contribution is -3.00. The van der Waals surface area contributed by atoms with Crippen molar-refractivity contribution in [3.63, 3.8) is 0 Å². The van der Waals surface area contributed by atoms with E-state index >= 15 is 0 Å². The Morgan fingerprint density at radius 2 is 2.38 bits per heavy atom. The third-order valence-electron chi connectivity index (χ3n) is 1.74. The molecule has 13 heavy (non-hydrogen) atoms. The van der Waals surface area contributed by atoms with E-state index in [0.717, 1.165) is 12.3 Å². The van der Waals surface area contributed by atoms with E-state index in [0.29, 0.717) is 13.2 Å². The number of carbonyl (C=O) groups excluding carboxylic acids is 1. The first kappa shape index (κ1) is 13.2. The third kappa shape index (κ3) is 4.30. The van der Waals surface area contributed by atoms with Crippen molar-refractivity contribution >= 4 is 22.8 Å². The van der Waals surface area contributed by atoms with Gasteiger partial charge in [0.25, 0.3) is 0 Å². The van der Waals surface area contributed by atoms with Crippen LogP contribution in [0.15, 0.2) is 0 Å². The second kappa shape index (κ2) is 6.64. The van der Waals surface area contributed by atoms with Crippen LogP contribution in [-0.4, -0.2) is 41.0 Å². The molecule has 0 atom stereocenters. The SMILES string of the molecule is CCOC(=O)C[N+]1=C(C)SCC1.[I-]. The van der Waals surface area contributed by atoms with Crippen LogP contribution in [-0.2, 0) is 9.53 Å². The van der Waals surface area contributed by atoms with Gasteiger partial charge in [-0.2, -0.15) is 0 Å². The third-order valence-corrected chi connectivity index (χ3v) is 2.81. The zero-order valence-corrected chi connectivity index (χ0v) is 10.9. The van der Waals surface area contributed by atoms with Gasteiger partial charge in [0.2, 0.25) is 11.6 Å². The molecule has 0 aromatic heterocycles. The molecule has 1 heterocycles. The van der Waals surface area contributed by atoms with Gasteiger partial charge in [0.1, 0.15) is 0 Å². The number of hydrogen-bond acceptors (Lipinski definition) is 3. The van der Waals surface area contributed by atoms with Gasteiger partial charge in [-0.3, -0.25) is 0 Å². The first-order chi connectivity index (χ1) is 5.74. The monoisotopic (exact) mass is 315 g/mol. The second-order valence-corrected chi connectivity index (χ2v) is 3.88. The van der Waals surface area contributed by atoms with Gasteiger partial charge >= 0.3 is 5.97 Å². The number of rotatable bonds is 3. The highest BCUT2D eigenvalue weighted by Crippen LogP contribution is 2.10. The molecule has 0 aromatic carbocycles. The van der Waals surface area contributed by atoms with E-state index in [1.54, 1.807) is 11.8 Å². The van der Waals surface area contributed by atoms with E-state index in [-0.39, 0.29) is 29.9 Å². The summed E-state index contributed by atoms with van der Waals surface area (Å²) in [6.07, 6.45) is 0. The molecule has 0 bridgehead atoms. The molecular formula is C8H14INO2S. The molecule has 1 aliphatic heterocycles. The lowest BCUT2D eigenvalue weighted by Gasteiger charge is -1.99. The number of thioether (sulfide) groups is 1. The van der Waals surface area contributed by atoms with Gasteiger partial charge in [-0.1, -0.05) is 11.8 Å². The van der Waals surface area contributed by atoms with Crippen molar-refractivity contribution in [1.29, 1.82) is 0 Å². The van der Waals surface area contributed by atoms with Crippen LogP contribution in [0.2, 0.25) is 0 Å². The van der Waals surface area contributed by atoms with E-state index in [4.69, 9.17) is 4.74 Å². The summed E-state index contributed by atoms with van der Waals surface area (Å²) in [6, 6.07) is 0. The van der Waals surface area contributed by atoms with Crippen LogP contribution in [0.5, 0.6) is 0 Å². The molecular weight excluding hydrogens is 301 g/mol. The zero-order chi connectivity index (χ0) is 8.97. The molecule has 0 aromatic rings. The van der Waals surface area contributed by atoms with Gasteiger partial charge in [0.05, 0.1) is 12.4 Å². The smallest absolute Gasteiger partial charge is 0.372 e. The van der Waals surface area contributed by atoms with Crippen LogP contribution in [0.4, 0.5) is 0 Å². The Morgan fingerprint density at radius 1 is 1.69 bits per heavy atom. The summed E-state index contributed by atoms with van der Waals surface area (Å²) >= 11 is 1.80. The van der Waals surface area contributed by atoms with Crippen LogP contribution in [0.3, 0.4) is 0 Å². The maximum absolute atomic E-state index is 11.1. The number of carbonyl (C=O) groups is 1. The highest BCUT2D eigenvalue weighted by molar-refractivity contribution is 8.13. The van der Waals surface area contributed by atoms with Gasteiger partial charge in [-0.05, 0) is 6.92 Å². The van der Waals surface area contributed by atoms with E-state index in [9.17, 15) is 4.79 Å². The van der Waals surface area contributed by atoms with E-state index < -0.39 is 0 Å². The highest BCUT2D eigenvalue weighted by atomic mass is 127. The Morgan fingerprint density at radius 3 is 2.85 bits per heavy atom. The first-order valence-electron chi connectivity index (χ1n) is 4.11. The van der Waals surface area contributed by atoms with Crippen LogP contribution in [0.1, 0.15) is 13.8 Å². The Hall–Kier alpha value is 0.220. The van der Waals surface area contributed by atoms with Crippen molar-refractivity contribution in [1.82, 2.24) is 0 Å². The quantitative estimate of drug-likeness (QED) is 0.334. The average Bonchev–Trinajstić information content (AvgIpc) is 2.37. The van der Waals surface area contributed by atoms with Gasteiger partial charge < -0.3 is 28.7 Å². The summed E-state index contributed by atoms with van der Waals surface area (Å²) in [4.78, 5) is 11.1. The summed E-state index contributed by atoms with van der Waals surface area (Å²) in [5.41, 5.74) is 0. The molecule has 0 aliphatic carbocycles. The fraction of sp³-hybridized carbons (Fsp3) is 0.750. The summed E-state index contributed by atoms with van der Waals surface area (Å²) in [5, 5.41) is 1.23. The number of nitrogens with zero attached hydrogens (tertiary/aromatic N) is 1. The molecule has 76 valence electrons. The maximum atomic E-state index is 11.1. The van der Waals surface area contributed by atoms with Crippen molar-refractivity contribution in [3.8, 4) is 0 Å². The molecule has 1 aliphatic rings. The Balaban J connectivity index is 0.00000144. The molecule has 0 spiro atoms. The van der Waals surface area contributed by atoms with Crippen LogP contribution >= 0.6 is 11.8 Å². The minimum Gasteiger partial charge on any atom is -1.00 e. The minimum absolute atomic E-state index is 0. The number of hydrogen-bond donors (Lipinski definition) is 0. The van der Waals surface area contributed by atoms with Crippen molar-refractivity contribution in [2.75, 3.05) is 25.4 Å². The zero-order valence-electron chi connectivity index (χ0n) is 7.88. The summed E-state index contributed by atoms with van der Waals surface area (Å²) in [5.74, 6) is 0.963. The van der Waals surface area contributed by atoms with Crippen molar-refractivity contribution in [2.45, 2.75) is 13.8 Å². The molecule has 0 saturated heterocycles. The summed E-state index contributed by atoms with van der Waals surface area (Å²) < 4.78 is 6.91. The van der Waals surface area contributed by atoms with Crippen molar-refractivity contribution < 1.29 is 38.1 Å². The lowest BCUT2D eigenvalue weighted by atomic mass is 10.5. The Kier molecular flexibility index (Phi) is 6.75. The predicted molar refractivity (Wildman–Crippen MR) is 49.8 cm³/mol. The molecule has 0 radical (unpaired) electrons. The molecule has 0 fully saturated rings. The molecule has 0 N–H and O–H groups in total. The number of halogens is 1. The normalized spacial score (nSPS) is 15.5. The summed E-state index contributed by atoms with van der Waals surface area (Å²) in [6.45, 7) is 5.71. The molecule has 5 heteroatoms. The average molecular weight is 315 g/mol. The number of ether oxygens (including phenoxy) is 1. The van der Waals surface area contributed by atoms with E-state index in [1.165, 1.54) is 5.04 Å².